The van der Waals surface area contributed by atoms with E-state index in [2.05, 4.69) is 4.99 Å². The molecule has 2 heterocycles. The van der Waals surface area contributed by atoms with Crippen molar-refractivity contribution in [3.63, 3.8) is 0 Å². The van der Waals surface area contributed by atoms with E-state index < -0.39 is 4.92 Å². The zero-order chi connectivity index (χ0) is 17.6. The third kappa shape index (κ3) is 2.28. The first-order chi connectivity index (χ1) is 12.1. The molecule has 1 aliphatic rings. The van der Waals surface area contributed by atoms with E-state index in [1.165, 1.54) is 18.3 Å². The van der Waals surface area contributed by atoms with Crippen LogP contribution in [0.3, 0.4) is 0 Å². The minimum absolute atomic E-state index is 0.0534. The van der Waals surface area contributed by atoms with Gasteiger partial charge in [-0.05, 0) is 25.1 Å². The highest BCUT2D eigenvalue weighted by molar-refractivity contribution is 5.97. The maximum absolute atomic E-state index is 12.8. The van der Waals surface area contributed by atoms with Crippen molar-refractivity contribution in [2.24, 2.45) is 4.99 Å². The summed E-state index contributed by atoms with van der Waals surface area (Å²) in [5.74, 6) is 0.391. The van der Waals surface area contributed by atoms with Crippen molar-refractivity contribution in [2.45, 2.75) is 6.92 Å². The van der Waals surface area contributed by atoms with Crippen LogP contribution in [-0.4, -0.2) is 17.7 Å². The SMILES string of the molecule is CCN1c2ccc([N+](=O)[O-])cc2N=Cc2c1oc1ccccc1c2=O. The molecule has 0 N–H and O–H groups in total. The number of hydrogen-bond acceptors (Lipinski definition) is 6. The lowest BCUT2D eigenvalue weighted by Crippen LogP contribution is -2.21. The number of fused-ring (bicyclic) bond motifs is 3. The van der Waals surface area contributed by atoms with Crippen molar-refractivity contribution in [1.82, 2.24) is 0 Å². The van der Waals surface area contributed by atoms with Crippen LogP contribution in [0.15, 0.2) is 56.7 Å². The molecule has 7 heteroatoms. The summed E-state index contributed by atoms with van der Waals surface area (Å²) in [6, 6.07) is 11.5. The highest BCUT2D eigenvalue weighted by atomic mass is 16.6. The second-order valence-electron chi connectivity index (χ2n) is 5.58. The third-order valence-electron chi connectivity index (χ3n) is 4.17. The quantitative estimate of drug-likeness (QED) is 0.523. The van der Waals surface area contributed by atoms with Gasteiger partial charge in [0.25, 0.3) is 5.69 Å². The monoisotopic (exact) mass is 335 g/mol. The van der Waals surface area contributed by atoms with Gasteiger partial charge in [0.1, 0.15) is 11.1 Å². The van der Waals surface area contributed by atoms with Gasteiger partial charge in [0.2, 0.25) is 11.3 Å². The van der Waals surface area contributed by atoms with Crippen LogP contribution >= 0.6 is 0 Å². The minimum Gasteiger partial charge on any atom is -0.439 e. The molecule has 1 aliphatic heterocycles. The van der Waals surface area contributed by atoms with Crippen LogP contribution in [0.2, 0.25) is 0 Å². The Balaban J connectivity index is 2.03. The Labute approximate surface area is 142 Å². The molecule has 0 spiro atoms. The molecule has 25 heavy (non-hydrogen) atoms. The van der Waals surface area contributed by atoms with E-state index in [4.69, 9.17) is 4.42 Å². The van der Waals surface area contributed by atoms with Crippen molar-refractivity contribution < 1.29 is 9.34 Å². The van der Waals surface area contributed by atoms with Gasteiger partial charge >= 0.3 is 0 Å². The van der Waals surface area contributed by atoms with E-state index in [-0.39, 0.29) is 11.1 Å². The van der Waals surface area contributed by atoms with Crippen molar-refractivity contribution in [3.8, 4) is 0 Å². The highest BCUT2D eigenvalue weighted by Gasteiger charge is 2.24. The maximum Gasteiger partial charge on any atom is 0.271 e. The molecule has 0 radical (unpaired) electrons. The summed E-state index contributed by atoms with van der Waals surface area (Å²) in [6.07, 6.45) is 1.42. The minimum atomic E-state index is -0.470. The topological polar surface area (TPSA) is 88.9 Å². The van der Waals surface area contributed by atoms with E-state index >= 15 is 0 Å². The number of hydrogen-bond donors (Lipinski definition) is 0. The summed E-state index contributed by atoms with van der Waals surface area (Å²) in [5, 5.41) is 11.5. The standard InChI is InChI=1S/C18H13N3O4/c1-2-20-15-8-7-11(21(23)24)9-14(15)19-10-13-17(22)12-5-3-4-6-16(12)25-18(13)20/h3-10H,2H2,1H3. The molecule has 3 aromatic rings. The first-order valence-corrected chi connectivity index (χ1v) is 7.76. The fourth-order valence-electron chi connectivity index (χ4n) is 2.97. The predicted molar refractivity (Wildman–Crippen MR) is 95.5 cm³/mol. The van der Waals surface area contributed by atoms with Crippen LogP contribution in [0.4, 0.5) is 22.9 Å². The van der Waals surface area contributed by atoms with Gasteiger partial charge in [0.05, 0.1) is 21.7 Å². The summed E-state index contributed by atoms with van der Waals surface area (Å²) in [4.78, 5) is 29.5. The van der Waals surface area contributed by atoms with E-state index in [9.17, 15) is 14.9 Å². The number of non-ortho nitro benzene ring substituents is 1. The van der Waals surface area contributed by atoms with Gasteiger partial charge in [-0.15, -0.1) is 0 Å². The van der Waals surface area contributed by atoms with Crippen LogP contribution < -0.4 is 10.3 Å². The number of aliphatic imine (C=N–C) groups is 1. The van der Waals surface area contributed by atoms with Gasteiger partial charge in [-0.1, -0.05) is 12.1 Å². The number of nitrogens with zero attached hydrogens (tertiary/aromatic N) is 3. The lowest BCUT2D eigenvalue weighted by atomic mass is 10.1. The first kappa shape index (κ1) is 15.1. The average Bonchev–Trinajstić information content (AvgIpc) is 2.77. The second kappa shape index (κ2) is 5.55. The van der Waals surface area contributed by atoms with Crippen LogP contribution in [0.25, 0.3) is 11.0 Å². The van der Waals surface area contributed by atoms with E-state index in [1.807, 2.05) is 6.92 Å². The van der Waals surface area contributed by atoms with Gasteiger partial charge < -0.3 is 9.32 Å². The number of nitro benzene ring substituents is 1. The number of rotatable bonds is 2. The van der Waals surface area contributed by atoms with Crippen LogP contribution in [0.1, 0.15) is 12.5 Å². The van der Waals surface area contributed by atoms with Crippen molar-refractivity contribution >= 4 is 40.1 Å². The molecule has 2 aromatic carbocycles. The Morgan fingerprint density at radius 3 is 2.80 bits per heavy atom. The molecule has 4 rings (SSSR count). The Hall–Kier alpha value is -3.48. The number of para-hydroxylation sites is 1. The zero-order valence-electron chi connectivity index (χ0n) is 13.3. The summed E-state index contributed by atoms with van der Waals surface area (Å²) < 4.78 is 5.98. The molecule has 0 amide bonds. The number of benzene rings is 2. The van der Waals surface area contributed by atoms with Crippen molar-refractivity contribution in [2.75, 3.05) is 11.4 Å². The molecular weight excluding hydrogens is 322 g/mol. The Morgan fingerprint density at radius 2 is 2.04 bits per heavy atom. The molecular formula is C18H13N3O4. The normalized spacial score (nSPS) is 12.6. The predicted octanol–water partition coefficient (Wildman–Crippen LogP) is 3.92. The zero-order valence-corrected chi connectivity index (χ0v) is 13.3. The average molecular weight is 335 g/mol. The Bertz CT molecular complexity index is 1100. The maximum atomic E-state index is 12.8. The second-order valence-corrected chi connectivity index (χ2v) is 5.58. The lowest BCUT2D eigenvalue weighted by molar-refractivity contribution is -0.384. The summed E-state index contributed by atoms with van der Waals surface area (Å²) >= 11 is 0. The first-order valence-electron chi connectivity index (χ1n) is 7.76. The molecule has 0 bridgehead atoms. The summed E-state index contributed by atoms with van der Waals surface area (Å²) in [7, 11) is 0. The van der Waals surface area contributed by atoms with Crippen LogP contribution in [-0.2, 0) is 0 Å². The van der Waals surface area contributed by atoms with Crippen LogP contribution in [0.5, 0.6) is 0 Å². The van der Waals surface area contributed by atoms with Gasteiger partial charge in [0, 0.05) is 24.9 Å². The highest BCUT2D eigenvalue weighted by Crippen LogP contribution is 2.39. The summed E-state index contributed by atoms with van der Waals surface area (Å²) in [5.41, 5.74) is 1.67. The molecule has 0 unspecified atom stereocenters. The molecule has 1 aromatic heterocycles. The van der Waals surface area contributed by atoms with Gasteiger partial charge in [-0.3, -0.25) is 19.9 Å². The van der Waals surface area contributed by atoms with E-state index in [1.54, 1.807) is 35.2 Å². The molecule has 7 nitrogen and oxygen atoms in total. The lowest BCUT2D eigenvalue weighted by Gasteiger charge is -2.22. The van der Waals surface area contributed by atoms with Crippen molar-refractivity contribution in [3.05, 3.63) is 68.4 Å². The Kier molecular flexibility index (Phi) is 3.35. The third-order valence-corrected chi connectivity index (χ3v) is 4.17. The molecule has 0 fully saturated rings. The van der Waals surface area contributed by atoms with Crippen molar-refractivity contribution in [1.29, 1.82) is 0 Å². The summed E-state index contributed by atoms with van der Waals surface area (Å²) in [6.45, 7) is 2.43. The fourth-order valence-corrected chi connectivity index (χ4v) is 2.97. The van der Waals surface area contributed by atoms with Gasteiger partial charge in [-0.2, -0.15) is 0 Å². The number of anilines is 2. The smallest absolute Gasteiger partial charge is 0.271 e. The number of nitro groups is 1. The Morgan fingerprint density at radius 1 is 1.24 bits per heavy atom. The fraction of sp³-hybridized carbons (Fsp3) is 0.111. The molecule has 0 aliphatic carbocycles. The molecule has 0 atom stereocenters. The molecule has 124 valence electrons. The van der Waals surface area contributed by atoms with E-state index in [0.717, 1.165) is 0 Å². The van der Waals surface area contributed by atoms with Gasteiger partial charge in [-0.25, -0.2) is 0 Å². The van der Waals surface area contributed by atoms with E-state index in [0.29, 0.717) is 40.3 Å². The molecule has 0 saturated heterocycles. The van der Waals surface area contributed by atoms with Gasteiger partial charge in [0.15, 0.2) is 0 Å². The largest absolute Gasteiger partial charge is 0.439 e. The van der Waals surface area contributed by atoms with Crippen LogP contribution in [0, 0.1) is 10.1 Å². The molecule has 0 saturated carbocycles.